The van der Waals surface area contributed by atoms with Crippen molar-refractivity contribution in [2.45, 2.75) is 31.9 Å². The van der Waals surface area contributed by atoms with Crippen molar-refractivity contribution in [1.82, 2.24) is 10.6 Å². The van der Waals surface area contributed by atoms with E-state index in [1.54, 1.807) is 13.1 Å². The molecule has 1 aliphatic rings. The van der Waals surface area contributed by atoms with E-state index in [9.17, 15) is 0 Å². The van der Waals surface area contributed by atoms with Crippen LogP contribution in [0.15, 0.2) is 23.2 Å². The quantitative estimate of drug-likeness (QED) is 0.658. The van der Waals surface area contributed by atoms with E-state index in [4.69, 9.17) is 27.9 Å². The van der Waals surface area contributed by atoms with Gasteiger partial charge in [0.25, 0.3) is 0 Å². The minimum absolute atomic E-state index is 0.102. The lowest BCUT2D eigenvalue weighted by atomic mass is 10.0. The maximum atomic E-state index is 6.15. The van der Waals surface area contributed by atoms with Crippen molar-refractivity contribution in [1.29, 1.82) is 0 Å². The van der Waals surface area contributed by atoms with Gasteiger partial charge in [0, 0.05) is 36.8 Å². The van der Waals surface area contributed by atoms with Crippen molar-refractivity contribution in [3.63, 3.8) is 0 Å². The summed E-state index contributed by atoms with van der Waals surface area (Å²) in [5.74, 6) is 0.734. The average molecular weight is 330 g/mol. The topological polar surface area (TPSA) is 45.7 Å². The minimum Gasteiger partial charge on any atom is -0.373 e. The average Bonchev–Trinajstić information content (AvgIpc) is 2.88. The van der Waals surface area contributed by atoms with Crippen molar-refractivity contribution in [3.05, 3.63) is 33.8 Å². The molecule has 4 nitrogen and oxygen atoms in total. The predicted molar refractivity (Wildman–Crippen MR) is 88.3 cm³/mol. The van der Waals surface area contributed by atoms with Gasteiger partial charge in [0.15, 0.2) is 5.96 Å². The number of benzene rings is 1. The summed E-state index contributed by atoms with van der Waals surface area (Å²) in [5.41, 5.74) is 0.877. The molecule has 1 aliphatic heterocycles. The van der Waals surface area contributed by atoms with Crippen LogP contribution in [0, 0.1) is 0 Å². The molecule has 21 heavy (non-hydrogen) atoms. The number of nitrogens with one attached hydrogen (secondary N) is 2. The van der Waals surface area contributed by atoms with Crippen molar-refractivity contribution < 1.29 is 4.74 Å². The molecule has 0 spiro atoms. The van der Waals surface area contributed by atoms with E-state index in [0.29, 0.717) is 16.6 Å². The molecule has 0 aromatic heterocycles. The highest BCUT2D eigenvalue weighted by atomic mass is 35.5. The zero-order chi connectivity index (χ0) is 15.3. The Kier molecular flexibility index (Phi) is 5.73. The fraction of sp³-hybridized carbons (Fsp3) is 0.533. The Labute approximate surface area is 135 Å². The lowest BCUT2D eigenvalue weighted by molar-refractivity contribution is 0.0243. The van der Waals surface area contributed by atoms with Gasteiger partial charge >= 0.3 is 0 Å². The molecule has 1 unspecified atom stereocenters. The lowest BCUT2D eigenvalue weighted by Crippen LogP contribution is -2.45. The van der Waals surface area contributed by atoms with Gasteiger partial charge in [-0.05, 0) is 37.5 Å². The molecule has 1 aromatic rings. The molecule has 0 bridgehead atoms. The third-order valence-corrected chi connectivity index (χ3v) is 4.20. The fourth-order valence-electron chi connectivity index (χ4n) is 2.31. The summed E-state index contributed by atoms with van der Waals surface area (Å²) in [5, 5.41) is 7.83. The molecule has 0 amide bonds. The molecule has 1 heterocycles. The van der Waals surface area contributed by atoms with Crippen LogP contribution in [0.25, 0.3) is 0 Å². The molecule has 0 saturated carbocycles. The van der Waals surface area contributed by atoms with Gasteiger partial charge in [-0.3, -0.25) is 4.99 Å². The third-order valence-electron chi connectivity index (χ3n) is 3.62. The van der Waals surface area contributed by atoms with E-state index in [0.717, 1.165) is 37.5 Å². The summed E-state index contributed by atoms with van der Waals surface area (Å²) in [6.45, 7) is 4.29. The van der Waals surface area contributed by atoms with Crippen LogP contribution in [-0.2, 0) is 11.3 Å². The maximum Gasteiger partial charge on any atom is 0.191 e. The van der Waals surface area contributed by atoms with Gasteiger partial charge in [0.2, 0.25) is 0 Å². The van der Waals surface area contributed by atoms with Gasteiger partial charge in [0.1, 0.15) is 0 Å². The van der Waals surface area contributed by atoms with E-state index < -0.39 is 0 Å². The second-order valence-electron chi connectivity index (χ2n) is 5.42. The summed E-state index contributed by atoms with van der Waals surface area (Å²) in [4.78, 5) is 4.21. The summed E-state index contributed by atoms with van der Waals surface area (Å²) in [6.07, 6.45) is 2.19. The Morgan fingerprint density at radius 2 is 2.19 bits per heavy atom. The smallest absolute Gasteiger partial charge is 0.191 e. The van der Waals surface area contributed by atoms with E-state index in [1.165, 1.54) is 0 Å². The maximum absolute atomic E-state index is 6.15. The zero-order valence-electron chi connectivity index (χ0n) is 12.4. The number of hydrogen-bond acceptors (Lipinski definition) is 2. The van der Waals surface area contributed by atoms with Crippen molar-refractivity contribution >= 4 is 29.2 Å². The molecule has 2 N–H and O–H groups in total. The first-order chi connectivity index (χ1) is 10.0. The van der Waals surface area contributed by atoms with Crippen LogP contribution in [0.3, 0.4) is 0 Å². The number of halogens is 2. The lowest BCUT2D eigenvalue weighted by Gasteiger charge is -2.24. The largest absolute Gasteiger partial charge is 0.373 e. The SMILES string of the molecule is CN=C(NCc1ccc(Cl)cc1Cl)NCC1(C)CCCO1. The summed E-state index contributed by atoms with van der Waals surface area (Å²) in [7, 11) is 1.75. The first-order valence-corrected chi connectivity index (χ1v) is 7.80. The number of guanidine groups is 1. The number of hydrogen-bond donors (Lipinski definition) is 2. The summed E-state index contributed by atoms with van der Waals surface area (Å²) in [6, 6.07) is 5.48. The van der Waals surface area contributed by atoms with Gasteiger partial charge < -0.3 is 15.4 Å². The molecule has 0 aliphatic carbocycles. The molecule has 1 saturated heterocycles. The minimum atomic E-state index is -0.102. The Hall–Kier alpha value is -0.970. The zero-order valence-corrected chi connectivity index (χ0v) is 13.9. The molecule has 1 atom stereocenters. The predicted octanol–water partition coefficient (Wildman–Crippen LogP) is 3.23. The molecule has 0 radical (unpaired) electrons. The number of aliphatic imine (C=N–C) groups is 1. The Morgan fingerprint density at radius 3 is 2.81 bits per heavy atom. The van der Waals surface area contributed by atoms with Crippen LogP contribution < -0.4 is 10.6 Å². The fourth-order valence-corrected chi connectivity index (χ4v) is 2.79. The van der Waals surface area contributed by atoms with E-state index in [1.807, 2.05) is 12.1 Å². The van der Waals surface area contributed by atoms with Crippen LogP contribution in [0.2, 0.25) is 10.0 Å². The molecule has 116 valence electrons. The third kappa shape index (κ3) is 4.77. The van der Waals surface area contributed by atoms with Crippen LogP contribution in [0.5, 0.6) is 0 Å². The van der Waals surface area contributed by atoms with Crippen molar-refractivity contribution in [2.75, 3.05) is 20.2 Å². The van der Waals surface area contributed by atoms with Crippen LogP contribution in [0.1, 0.15) is 25.3 Å². The highest BCUT2D eigenvalue weighted by molar-refractivity contribution is 6.35. The summed E-state index contributed by atoms with van der Waals surface area (Å²) < 4.78 is 5.75. The second kappa shape index (κ2) is 7.34. The van der Waals surface area contributed by atoms with Crippen LogP contribution >= 0.6 is 23.2 Å². The van der Waals surface area contributed by atoms with Crippen LogP contribution in [0.4, 0.5) is 0 Å². The molecule has 2 rings (SSSR count). The Bertz CT molecular complexity index is 514. The Morgan fingerprint density at radius 1 is 1.38 bits per heavy atom. The number of nitrogens with zero attached hydrogens (tertiary/aromatic N) is 1. The Balaban J connectivity index is 1.85. The van der Waals surface area contributed by atoms with Gasteiger partial charge in [0.05, 0.1) is 5.60 Å². The molecule has 1 fully saturated rings. The highest BCUT2D eigenvalue weighted by Crippen LogP contribution is 2.24. The first-order valence-electron chi connectivity index (χ1n) is 7.05. The van der Waals surface area contributed by atoms with E-state index in [2.05, 4.69) is 22.5 Å². The molecule has 6 heteroatoms. The monoisotopic (exact) mass is 329 g/mol. The van der Waals surface area contributed by atoms with Crippen molar-refractivity contribution in [2.24, 2.45) is 4.99 Å². The van der Waals surface area contributed by atoms with Crippen molar-refractivity contribution in [3.8, 4) is 0 Å². The first kappa shape index (κ1) is 16.4. The second-order valence-corrected chi connectivity index (χ2v) is 6.26. The van der Waals surface area contributed by atoms with Crippen LogP contribution in [-0.4, -0.2) is 31.8 Å². The molecular weight excluding hydrogens is 309 g/mol. The summed E-state index contributed by atoms with van der Waals surface area (Å²) >= 11 is 12.0. The van der Waals surface area contributed by atoms with Gasteiger partial charge in [-0.25, -0.2) is 0 Å². The van der Waals surface area contributed by atoms with E-state index in [-0.39, 0.29) is 5.60 Å². The molecule has 1 aromatic carbocycles. The van der Waals surface area contributed by atoms with Gasteiger partial charge in [-0.2, -0.15) is 0 Å². The highest BCUT2D eigenvalue weighted by Gasteiger charge is 2.29. The van der Waals surface area contributed by atoms with Gasteiger partial charge in [-0.1, -0.05) is 29.3 Å². The number of rotatable bonds is 4. The number of ether oxygens (including phenoxy) is 1. The normalized spacial score (nSPS) is 22.4. The van der Waals surface area contributed by atoms with E-state index >= 15 is 0 Å². The van der Waals surface area contributed by atoms with Gasteiger partial charge in [-0.15, -0.1) is 0 Å². The standard InChI is InChI=1S/C15H21Cl2N3O/c1-15(6-3-7-21-15)10-20-14(18-2)19-9-11-4-5-12(16)8-13(11)17/h4-5,8H,3,6-7,9-10H2,1-2H3,(H2,18,19,20). The molecular formula is C15H21Cl2N3O.